The summed E-state index contributed by atoms with van der Waals surface area (Å²) < 4.78 is 0. The lowest BCUT2D eigenvalue weighted by Gasteiger charge is -2.21. The normalized spacial score (nSPS) is 14.0. The van der Waals surface area contributed by atoms with Crippen LogP contribution in [0.3, 0.4) is 0 Å². The Kier molecular flexibility index (Phi) is 32.1. The van der Waals surface area contributed by atoms with E-state index in [1.54, 1.807) is 0 Å². The van der Waals surface area contributed by atoms with Crippen molar-refractivity contribution in [3.8, 4) is 0 Å². The van der Waals surface area contributed by atoms with Gasteiger partial charge in [-0.25, -0.2) is 0 Å². The molecule has 0 aromatic heterocycles. The van der Waals surface area contributed by atoms with Crippen molar-refractivity contribution in [3.05, 3.63) is 24.3 Å². The summed E-state index contributed by atoms with van der Waals surface area (Å²) >= 11 is 0. The van der Waals surface area contributed by atoms with Crippen LogP contribution in [0.5, 0.6) is 0 Å². The van der Waals surface area contributed by atoms with E-state index in [4.69, 9.17) is 0 Å². The molecular formula is C39H72O5. The summed E-state index contributed by atoms with van der Waals surface area (Å²) in [5, 5.41) is 30.6. The Bertz CT molecular complexity index is 643. The van der Waals surface area contributed by atoms with E-state index in [-0.39, 0.29) is 12.8 Å². The number of aliphatic hydroxyl groups excluding tert-OH is 3. The minimum Gasteiger partial charge on any atom is -0.387 e. The lowest BCUT2D eigenvalue weighted by Crippen LogP contribution is -2.45. The molecule has 0 spiro atoms. The lowest BCUT2D eigenvalue weighted by molar-refractivity contribution is -0.146. The van der Waals surface area contributed by atoms with Gasteiger partial charge in [-0.05, 0) is 64.2 Å². The molecule has 2 unspecified atom stereocenters. The van der Waals surface area contributed by atoms with Gasteiger partial charge in [0.25, 0.3) is 0 Å². The molecule has 258 valence electrons. The Balaban J connectivity index is 3.74. The maximum absolute atomic E-state index is 12.3. The van der Waals surface area contributed by atoms with E-state index < -0.39 is 29.9 Å². The summed E-state index contributed by atoms with van der Waals surface area (Å²) in [7, 11) is 0. The van der Waals surface area contributed by atoms with Gasteiger partial charge in [0.05, 0.1) is 0 Å². The Morgan fingerprint density at radius 3 is 0.955 bits per heavy atom. The molecule has 0 saturated heterocycles. The molecule has 5 nitrogen and oxygen atoms in total. The van der Waals surface area contributed by atoms with Gasteiger partial charge in [0.2, 0.25) is 0 Å². The van der Waals surface area contributed by atoms with E-state index in [0.29, 0.717) is 12.8 Å². The molecule has 0 radical (unpaired) electrons. The fraction of sp³-hybridized carbons (Fsp3) is 0.846. The van der Waals surface area contributed by atoms with Gasteiger partial charge < -0.3 is 15.3 Å². The first-order valence-corrected chi connectivity index (χ1v) is 18.8. The number of aliphatic hydroxyl groups is 3. The highest BCUT2D eigenvalue weighted by Crippen LogP contribution is 2.15. The minimum atomic E-state index is -1.75. The van der Waals surface area contributed by atoms with Gasteiger partial charge >= 0.3 is 0 Å². The summed E-state index contributed by atoms with van der Waals surface area (Å²) in [5.41, 5.74) is 0. The van der Waals surface area contributed by atoms with Crippen LogP contribution in [0.4, 0.5) is 0 Å². The van der Waals surface area contributed by atoms with Gasteiger partial charge in [-0.1, -0.05) is 141 Å². The Morgan fingerprint density at radius 1 is 0.409 bits per heavy atom. The van der Waals surface area contributed by atoms with Crippen molar-refractivity contribution in [3.63, 3.8) is 0 Å². The van der Waals surface area contributed by atoms with Crippen LogP contribution in [-0.4, -0.2) is 45.2 Å². The molecule has 0 heterocycles. The van der Waals surface area contributed by atoms with Gasteiger partial charge in [-0.3, -0.25) is 9.59 Å². The number of hydrogen-bond acceptors (Lipinski definition) is 5. The molecule has 0 saturated carbocycles. The topological polar surface area (TPSA) is 94.8 Å². The van der Waals surface area contributed by atoms with Crippen LogP contribution in [0.1, 0.15) is 194 Å². The average molecular weight is 621 g/mol. The first kappa shape index (κ1) is 42.7. The molecule has 0 fully saturated rings. The number of unbranched alkanes of at least 4 members (excludes halogenated alkanes) is 22. The van der Waals surface area contributed by atoms with Gasteiger partial charge in [0.15, 0.2) is 11.6 Å². The van der Waals surface area contributed by atoms with Gasteiger partial charge in [0.1, 0.15) is 18.3 Å². The van der Waals surface area contributed by atoms with Crippen LogP contribution < -0.4 is 0 Å². The zero-order chi connectivity index (χ0) is 32.5. The maximum Gasteiger partial charge on any atom is 0.164 e. The zero-order valence-electron chi connectivity index (χ0n) is 29.0. The summed E-state index contributed by atoms with van der Waals surface area (Å²) in [6.07, 6.45) is 34.6. The summed E-state index contributed by atoms with van der Waals surface area (Å²) in [6, 6.07) is 0. The molecule has 0 aliphatic rings. The molecule has 44 heavy (non-hydrogen) atoms. The van der Waals surface area contributed by atoms with Crippen molar-refractivity contribution >= 4 is 11.6 Å². The second-order valence-electron chi connectivity index (χ2n) is 13.0. The first-order valence-electron chi connectivity index (χ1n) is 18.8. The fourth-order valence-electron chi connectivity index (χ4n) is 5.59. The smallest absolute Gasteiger partial charge is 0.164 e. The lowest BCUT2D eigenvalue weighted by atomic mass is 9.95. The monoisotopic (exact) mass is 621 g/mol. The third-order valence-electron chi connectivity index (χ3n) is 8.68. The fourth-order valence-corrected chi connectivity index (χ4v) is 5.59. The number of carbonyl (C=O) groups excluding carboxylic acids is 2. The maximum atomic E-state index is 12.3. The SMILES string of the molecule is CCCCCCCC/C=C\CCCCCCCC(=O)C(O)C(O)C(O)C(=O)CCCCCCC/C=C\CCCCCCCC. The van der Waals surface area contributed by atoms with E-state index in [1.165, 1.54) is 89.9 Å². The van der Waals surface area contributed by atoms with Gasteiger partial charge in [-0.2, -0.15) is 0 Å². The number of Topliss-reactive ketones (excluding diaryl/α,β-unsaturated/α-hetero) is 2. The number of ketones is 2. The molecule has 0 aliphatic carbocycles. The molecule has 3 N–H and O–H groups in total. The summed E-state index contributed by atoms with van der Waals surface area (Å²) in [6.45, 7) is 4.49. The van der Waals surface area contributed by atoms with Gasteiger partial charge in [0, 0.05) is 12.8 Å². The molecule has 0 aromatic rings. The van der Waals surface area contributed by atoms with E-state index in [1.807, 2.05) is 0 Å². The van der Waals surface area contributed by atoms with Crippen LogP contribution in [-0.2, 0) is 9.59 Å². The number of carbonyl (C=O) groups is 2. The standard InChI is InChI=1S/C39H72O5/c1-3-5-7-9-11-13-15-17-19-21-23-25-27-29-31-33-35(40)37(42)39(44)38(43)36(41)34-32-30-28-26-24-22-20-18-16-14-12-10-8-6-4-2/h17-20,37-39,42-44H,3-16,21-34H2,1-2H3/b19-17-,20-18-. The minimum absolute atomic E-state index is 0.158. The van der Waals surface area contributed by atoms with Crippen LogP contribution in [0.25, 0.3) is 0 Å². The third-order valence-corrected chi connectivity index (χ3v) is 8.68. The molecule has 0 bridgehead atoms. The Morgan fingerprint density at radius 2 is 0.659 bits per heavy atom. The van der Waals surface area contributed by atoms with Crippen molar-refractivity contribution in [1.29, 1.82) is 0 Å². The van der Waals surface area contributed by atoms with Crippen molar-refractivity contribution in [2.24, 2.45) is 0 Å². The number of hydrogen-bond donors (Lipinski definition) is 3. The van der Waals surface area contributed by atoms with E-state index >= 15 is 0 Å². The van der Waals surface area contributed by atoms with Crippen LogP contribution in [0, 0.1) is 0 Å². The molecular weight excluding hydrogens is 548 g/mol. The predicted octanol–water partition coefficient (Wildman–Crippen LogP) is 10.3. The highest BCUT2D eigenvalue weighted by atomic mass is 16.4. The van der Waals surface area contributed by atoms with Crippen molar-refractivity contribution in [2.75, 3.05) is 0 Å². The highest BCUT2D eigenvalue weighted by molar-refractivity contribution is 5.87. The molecule has 2 atom stereocenters. The van der Waals surface area contributed by atoms with E-state index in [0.717, 1.165) is 64.2 Å². The average Bonchev–Trinajstić information content (AvgIpc) is 3.03. The van der Waals surface area contributed by atoms with Crippen LogP contribution >= 0.6 is 0 Å². The van der Waals surface area contributed by atoms with Crippen molar-refractivity contribution in [2.45, 2.75) is 212 Å². The molecule has 0 rings (SSSR count). The number of rotatable bonds is 34. The summed E-state index contributed by atoms with van der Waals surface area (Å²) in [4.78, 5) is 24.6. The van der Waals surface area contributed by atoms with E-state index in [9.17, 15) is 24.9 Å². The predicted molar refractivity (Wildman–Crippen MR) is 187 cm³/mol. The van der Waals surface area contributed by atoms with E-state index in [2.05, 4.69) is 38.2 Å². The van der Waals surface area contributed by atoms with Crippen molar-refractivity contribution in [1.82, 2.24) is 0 Å². The molecule has 0 aromatic carbocycles. The zero-order valence-corrected chi connectivity index (χ0v) is 29.0. The largest absolute Gasteiger partial charge is 0.387 e. The van der Waals surface area contributed by atoms with Crippen molar-refractivity contribution < 1.29 is 24.9 Å². The van der Waals surface area contributed by atoms with Gasteiger partial charge in [-0.15, -0.1) is 0 Å². The van der Waals surface area contributed by atoms with Crippen LogP contribution in [0.2, 0.25) is 0 Å². The highest BCUT2D eigenvalue weighted by Gasteiger charge is 2.33. The first-order chi connectivity index (χ1) is 21.5. The quantitative estimate of drug-likeness (QED) is 0.0491. The molecule has 5 heteroatoms. The second kappa shape index (κ2) is 33.1. The second-order valence-corrected chi connectivity index (χ2v) is 13.0. The van der Waals surface area contributed by atoms with Crippen LogP contribution in [0.15, 0.2) is 24.3 Å². The summed E-state index contributed by atoms with van der Waals surface area (Å²) in [5.74, 6) is -0.994. The number of allylic oxidation sites excluding steroid dienone is 4. The Labute approximate surface area is 272 Å². The Hall–Kier alpha value is -1.30. The molecule has 0 amide bonds. The molecule has 0 aliphatic heterocycles. The third kappa shape index (κ3) is 27.0.